The summed E-state index contributed by atoms with van der Waals surface area (Å²) in [5.41, 5.74) is -0.429. The maximum atomic E-state index is 9.72. The Hall–Kier alpha value is -0.333. The van der Waals surface area contributed by atoms with Gasteiger partial charge in [-0.25, -0.2) is 0 Å². The van der Waals surface area contributed by atoms with Crippen LogP contribution < -0.4 is 0 Å². The summed E-state index contributed by atoms with van der Waals surface area (Å²) in [6.07, 6.45) is 3.10. The van der Waals surface area contributed by atoms with Gasteiger partial charge in [0.25, 0.3) is 0 Å². The van der Waals surface area contributed by atoms with Crippen LogP contribution in [0.1, 0.15) is 47.0 Å². The van der Waals surface area contributed by atoms with E-state index in [-0.39, 0.29) is 10.8 Å². The molecule has 1 rings (SSSR count). The van der Waals surface area contributed by atoms with Gasteiger partial charge < -0.3 is 4.43 Å². The van der Waals surface area contributed by atoms with Crippen molar-refractivity contribution in [2.45, 2.75) is 72.2 Å². The lowest BCUT2D eigenvalue weighted by atomic mass is 9.58. The predicted octanol–water partition coefficient (Wildman–Crippen LogP) is 4.34. The lowest BCUT2D eigenvalue weighted by Gasteiger charge is -2.53. The fourth-order valence-electron chi connectivity index (χ4n) is 2.77. The van der Waals surface area contributed by atoms with Gasteiger partial charge in [-0.1, -0.05) is 27.7 Å². The lowest BCUT2D eigenvalue weighted by molar-refractivity contribution is -0.0747. The third-order valence-corrected chi connectivity index (χ3v) is 4.87. The van der Waals surface area contributed by atoms with E-state index in [0.717, 1.165) is 12.8 Å². The minimum Gasteiger partial charge on any atom is -0.399 e. The van der Waals surface area contributed by atoms with Crippen molar-refractivity contribution < 1.29 is 4.43 Å². The first-order chi connectivity index (χ1) is 7.43. The van der Waals surface area contributed by atoms with E-state index in [0.29, 0.717) is 0 Å². The topological polar surface area (TPSA) is 33.0 Å². The maximum Gasteiger partial charge on any atom is 0.185 e. The molecule has 0 bridgehead atoms. The molecule has 1 fully saturated rings. The van der Waals surface area contributed by atoms with Crippen LogP contribution in [0.2, 0.25) is 19.6 Å². The average molecular weight is 253 g/mol. The highest BCUT2D eigenvalue weighted by molar-refractivity contribution is 6.69. The zero-order valence-corrected chi connectivity index (χ0v) is 13.5. The number of hydrogen-bond acceptors (Lipinski definition) is 2. The molecule has 1 aliphatic carbocycles. The van der Waals surface area contributed by atoms with Gasteiger partial charge in [0.05, 0.1) is 6.07 Å². The van der Waals surface area contributed by atoms with Gasteiger partial charge in [0, 0.05) is 5.41 Å². The van der Waals surface area contributed by atoms with Gasteiger partial charge in [-0.3, -0.25) is 0 Å². The summed E-state index contributed by atoms with van der Waals surface area (Å²) >= 11 is 0. The first kappa shape index (κ1) is 14.7. The van der Waals surface area contributed by atoms with E-state index in [9.17, 15) is 5.26 Å². The summed E-state index contributed by atoms with van der Waals surface area (Å²) in [5, 5.41) is 9.72. The Bertz CT molecular complexity index is 331. The van der Waals surface area contributed by atoms with E-state index in [1.807, 2.05) is 0 Å². The van der Waals surface area contributed by atoms with E-state index in [1.165, 1.54) is 6.42 Å². The second kappa shape index (κ2) is 4.10. The summed E-state index contributed by atoms with van der Waals surface area (Å²) in [5.74, 6) is 0. The third-order valence-electron chi connectivity index (χ3n) is 3.91. The molecule has 0 amide bonds. The summed E-state index contributed by atoms with van der Waals surface area (Å²) in [6, 6.07) is 2.53. The van der Waals surface area contributed by atoms with Crippen molar-refractivity contribution in [1.82, 2.24) is 0 Å². The summed E-state index contributed by atoms with van der Waals surface area (Å²) in [7, 11) is -1.71. The van der Waals surface area contributed by atoms with Gasteiger partial charge in [-0.2, -0.15) is 5.26 Å². The Morgan fingerprint density at radius 3 is 2.00 bits per heavy atom. The Labute approximate surface area is 107 Å². The van der Waals surface area contributed by atoms with Gasteiger partial charge in [0.15, 0.2) is 8.32 Å². The Balaban J connectivity index is 3.13. The molecule has 1 atom stereocenters. The predicted molar refractivity (Wildman–Crippen MR) is 74.2 cm³/mol. The zero-order chi connectivity index (χ0) is 13.5. The highest BCUT2D eigenvalue weighted by Gasteiger charge is 2.54. The van der Waals surface area contributed by atoms with Crippen molar-refractivity contribution in [3.05, 3.63) is 0 Å². The van der Waals surface area contributed by atoms with Crippen LogP contribution in [0.25, 0.3) is 0 Å². The van der Waals surface area contributed by atoms with Crippen molar-refractivity contribution >= 4 is 8.32 Å². The molecular formula is C14H27NOSi. The third kappa shape index (κ3) is 3.11. The molecule has 3 heteroatoms. The molecule has 0 radical (unpaired) electrons. The maximum absolute atomic E-state index is 9.72. The van der Waals surface area contributed by atoms with Crippen LogP contribution in [0.5, 0.6) is 0 Å². The number of nitrogens with zero attached hydrogens (tertiary/aromatic N) is 1. The van der Waals surface area contributed by atoms with Crippen LogP contribution in [-0.2, 0) is 4.43 Å². The Morgan fingerprint density at radius 2 is 1.59 bits per heavy atom. The molecule has 0 aromatic heterocycles. The van der Waals surface area contributed by atoms with Gasteiger partial charge >= 0.3 is 0 Å². The number of hydrogen-bond donors (Lipinski definition) is 0. The van der Waals surface area contributed by atoms with Crippen LogP contribution >= 0.6 is 0 Å². The summed E-state index contributed by atoms with van der Waals surface area (Å²) in [6.45, 7) is 15.4. The molecule has 0 aliphatic heterocycles. The smallest absolute Gasteiger partial charge is 0.185 e. The summed E-state index contributed by atoms with van der Waals surface area (Å²) in [4.78, 5) is 0. The second-order valence-electron chi connectivity index (χ2n) is 7.88. The second-order valence-corrected chi connectivity index (χ2v) is 12.3. The molecule has 17 heavy (non-hydrogen) atoms. The molecule has 0 N–H and O–H groups in total. The standard InChI is InChI=1S/C14H27NOSi/c1-12(2)8-9-13(3,4)14(10-12,11-15)16-17(5,6)7/h8-10H2,1-7H3. The van der Waals surface area contributed by atoms with Crippen molar-refractivity contribution in [2.75, 3.05) is 0 Å². The SMILES string of the molecule is CC1(C)CCC(C)(C)C(C#N)(O[Si](C)(C)C)C1. The van der Waals surface area contributed by atoms with Crippen LogP contribution in [0.4, 0.5) is 0 Å². The van der Waals surface area contributed by atoms with Gasteiger partial charge in [0.2, 0.25) is 0 Å². The fraction of sp³-hybridized carbons (Fsp3) is 0.929. The van der Waals surface area contributed by atoms with Crippen molar-refractivity contribution in [2.24, 2.45) is 10.8 Å². The van der Waals surface area contributed by atoms with E-state index in [4.69, 9.17) is 4.43 Å². The van der Waals surface area contributed by atoms with Crippen LogP contribution in [0.15, 0.2) is 0 Å². The lowest BCUT2D eigenvalue weighted by Crippen LogP contribution is -2.56. The molecule has 1 aliphatic rings. The van der Waals surface area contributed by atoms with Gasteiger partial charge in [-0.05, 0) is 44.3 Å². The van der Waals surface area contributed by atoms with Crippen LogP contribution in [0, 0.1) is 22.2 Å². The molecule has 0 saturated heterocycles. The van der Waals surface area contributed by atoms with Crippen LogP contribution in [-0.4, -0.2) is 13.9 Å². The average Bonchev–Trinajstić information content (AvgIpc) is 2.09. The monoisotopic (exact) mass is 253 g/mol. The fourth-order valence-corrected chi connectivity index (χ4v) is 4.20. The van der Waals surface area contributed by atoms with Crippen LogP contribution in [0.3, 0.4) is 0 Å². The highest BCUT2D eigenvalue weighted by Crippen LogP contribution is 2.53. The van der Waals surface area contributed by atoms with Gasteiger partial charge in [-0.15, -0.1) is 0 Å². The largest absolute Gasteiger partial charge is 0.399 e. The molecule has 0 spiro atoms. The summed E-state index contributed by atoms with van der Waals surface area (Å²) < 4.78 is 6.34. The van der Waals surface area contributed by atoms with E-state index in [1.54, 1.807) is 0 Å². The Kier molecular flexibility index (Phi) is 3.55. The molecule has 1 saturated carbocycles. The quantitative estimate of drug-likeness (QED) is 0.686. The molecule has 0 aromatic carbocycles. The van der Waals surface area contributed by atoms with Crippen molar-refractivity contribution in [3.63, 3.8) is 0 Å². The minimum absolute atomic E-state index is 0.0441. The molecule has 1 unspecified atom stereocenters. The number of rotatable bonds is 2. The Morgan fingerprint density at radius 1 is 1.06 bits per heavy atom. The van der Waals surface area contributed by atoms with E-state index < -0.39 is 13.9 Å². The molecular weight excluding hydrogens is 226 g/mol. The van der Waals surface area contributed by atoms with E-state index in [2.05, 4.69) is 53.4 Å². The normalized spacial score (nSPS) is 31.9. The van der Waals surface area contributed by atoms with Crippen molar-refractivity contribution in [1.29, 1.82) is 5.26 Å². The van der Waals surface area contributed by atoms with E-state index >= 15 is 0 Å². The molecule has 98 valence electrons. The molecule has 0 aromatic rings. The first-order valence-corrected chi connectivity index (χ1v) is 9.95. The first-order valence-electron chi connectivity index (χ1n) is 6.55. The molecule has 0 heterocycles. The zero-order valence-electron chi connectivity index (χ0n) is 12.5. The van der Waals surface area contributed by atoms with Gasteiger partial charge in [0.1, 0.15) is 5.60 Å². The van der Waals surface area contributed by atoms with Crippen molar-refractivity contribution in [3.8, 4) is 6.07 Å². The number of nitriles is 1. The minimum atomic E-state index is -1.71. The highest BCUT2D eigenvalue weighted by atomic mass is 28.4. The molecule has 2 nitrogen and oxygen atoms in total.